The van der Waals surface area contributed by atoms with Crippen LogP contribution in [0.15, 0.2) is 42.5 Å². The van der Waals surface area contributed by atoms with Crippen molar-refractivity contribution in [1.29, 1.82) is 5.26 Å². The number of hydrogen-bond donors (Lipinski definition) is 1. The van der Waals surface area contributed by atoms with Gasteiger partial charge in [0.25, 0.3) is 0 Å². The Morgan fingerprint density at radius 2 is 1.96 bits per heavy atom. The van der Waals surface area contributed by atoms with Crippen LogP contribution in [0.2, 0.25) is 0 Å². The summed E-state index contributed by atoms with van der Waals surface area (Å²) in [7, 11) is 0. The molecule has 2 aromatic carbocycles. The number of benzene rings is 2. The van der Waals surface area contributed by atoms with Crippen LogP contribution in [-0.4, -0.2) is 19.0 Å². The van der Waals surface area contributed by atoms with Gasteiger partial charge >= 0.3 is 0 Å². The van der Waals surface area contributed by atoms with Crippen LogP contribution in [0.25, 0.3) is 0 Å². The van der Waals surface area contributed by atoms with Crippen molar-refractivity contribution in [3.05, 3.63) is 65.0 Å². The number of nitrogens with zero attached hydrogens (tertiary/aromatic N) is 2. The molecule has 0 bridgehead atoms. The molecule has 1 N–H and O–H groups in total. The van der Waals surface area contributed by atoms with Crippen LogP contribution in [0.5, 0.6) is 0 Å². The summed E-state index contributed by atoms with van der Waals surface area (Å²) in [6.07, 6.45) is 2.47. The smallest absolute Gasteiger partial charge is 0.223 e. The average molecular weight is 377 g/mol. The zero-order valence-corrected chi connectivity index (χ0v) is 16.0. The predicted octanol–water partition coefficient (Wildman–Crippen LogP) is 3.96. The molecular weight excluding hydrogens is 353 g/mol. The van der Waals surface area contributed by atoms with Crippen LogP contribution in [0.1, 0.15) is 42.5 Å². The second kappa shape index (κ2) is 7.63. The molecule has 1 aliphatic carbocycles. The molecule has 28 heavy (non-hydrogen) atoms. The first-order chi connectivity index (χ1) is 13.6. The van der Waals surface area contributed by atoms with Crippen molar-refractivity contribution < 1.29 is 9.18 Å². The first kappa shape index (κ1) is 18.5. The Morgan fingerprint density at radius 3 is 2.71 bits per heavy atom. The molecule has 1 fully saturated rings. The van der Waals surface area contributed by atoms with Gasteiger partial charge in [0.15, 0.2) is 0 Å². The summed E-state index contributed by atoms with van der Waals surface area (Å²) in [5.41, 5.74) is 3.67. The van der Waals surface area contributed by atoms with Crippen molar-refractivity contribution in [1.82, 2.24) is 5.32 Å². The van der Waals surface area contributed by atoms with E-state index < -0.39 is 5.82 Å². The van der Waals surface area contributed by atoms with Gasteiger partial charge in [-0.1, -0.05) is 31.2 Å². The van der Waals surface area contributed by atoms with Gasteiger partial charge in [-0.05, 0) is 54.5 Å². The molecule has 1 saturated heterocycles. The van der Waals surface area contributed by atoms with Gasteiger partial charge in [-0.15, -0.1) is 0 Å². The molecule has 2 atom stereocenters. The number of halogens is 1. The van der Waals surface area contributed by atoms with Crippen LogP contribution in [0, 0.1) is 29.0 Å². The summed E-state index contributed by atoms with van der Waals surface area (Å²) in [5, 5.41) is 12.6. The van der Waals surface area contributed by atoms with E-state index in [4.69, 9.17) is 0 Å². The first-order valence-electron chi connectivity index (χ1n) is 9.89. The molecule has 1 heterocycles. The van der Waals surface area contributed by atoms with Crippen LogP contribution in [0.3, 0.4) is 0 Å². The maximum atomic E-state index is 13.4. The maximum absolute atomic E-state index is 13.4. The van der Waals surface area contributed by atoms with Gasteiger partial charge < -0.3 is 10.2 Å². The molecule has 2 aliphatic rings. The van der Waals surface area contributed by atoms with E-state index in [9.17, 15) is 14.4 Å². The van der Waals surface area contributed by atoms with Crippen molar-refractivity contribution in [2.75, 3.05) is 18.0 Å². The zero-order chi connectivity index (χ0) is 19.7. The molecule has 5 heteroatoms. The third kappa shape index (κ3) is 3.47. The molecule has 0 radical (unpaired) electrons. The Hall–Kier alpha value is -2.87. The van der Waals surface area contributed by atoms with Gasteiger partial charge in [-0.2, -0.15) is 5.26 Å². The highest BCUT2D eigenvalue weighted by molar-refractivity contribution is 5.80. The van der Waals surface area contributed by atoms with Gasteiger partial charge in [0, 0.05) is 19.0 Å². The molecular formula is C23H24FN3O. The minimum Gasteiger partial charge on any atom is -0.370 e. The lowest BCUT2D eigenvalue weighted by atomic mass is 9.93. The van der Waals surface area contributed by atoms with Crippen molar-refractivity contribution in [2.45, 2.75) is 32.2 Å². The number of rotatable bonds is 3. The number of fused-ring (bicyclic) bond motifs is 1. The van der Waals surface area contributed by atoms with Crippen LogP contribution in [0.4, 0.5) is 10.1 Å². The lowest BCUT2D eigenvalue weighted by molar-refractivity contribution is -0.126. The van der Waals surface area contributed by atoms with Crippen LogP contribution >= 0.6 is 0 Å². The van der Waals surface area contributed by atoms with E-state index in [0.29, 0.717) is 24.6 Å². The van der Waals surface area contributed by atoms with Crippen molar-refractivity contribution >= 4 is 11.6 Å². The number of nitrogens with one attached hydrogen (secondary N) is 1. The van der Waals surface area contributed by atoms with Gasteiger partial charge in [-0.25, -0.2) is 4.39 Å². The van der Waals surface area contributed by atoms with Crippen LogP contribution < -0.4 is 10.2 Å². The Kier molecular flexibility index (Phi) is 5.04. The molecule has 4 nitrogen and oxygen atoms in total. The molecule has 1 amide bonds. The van der Waals surface area contributed by atoms with Crippen LogP contribution in [-0.2, 0) is 11.2 Å². The largest absolute Gasteiger partial charge is 0.370 e. The summed E-state index contributed by atoms with van der Waals surface area (Å²) in [4.78, 5) is 15.0. The van der Waals surface area contributed by atoms with E-state index in [1.54, 1.807) is 6.07 Å². The van der Waals surface area contributed by atoms with Gasteiger partial charge in [0.1, 0.15) is 11.9 Å². The fourth-order valence-electron chi connectivity index (χ4n) is 4.54. The number of carbonyl (C=O) groups is 1. The second-order valence-corrected chi connectivity index (χ2v) is 7.90. The number of carbonyl (C=O) groups excluding carboxylic acids is 1. The number of anilines is 1. The fraction of sp³-hybridized carbons (Fsp3) is 0.391. The molecule has 1 aliphatic heterocycles. The minimum absolute atomic E-state index is 0.0257. The predicted molar refractivity (Wildman–Crippen MR) is 106 cm³/mol. The van der Waals surface area contributed by atoms with E-state index >= 15 is 0 Å². The molecule has 4 rings (SSSR count). The molecule has 0 aromatic heterocycles. The van der Waals surface area contributed by atoms with E-state index in [1.807, 2.05) is 6.07 Å². The summed E-state index contributed by atoms with van der Waals surface area (Å²) < 4.78 is 13.4. The summed E-state index contributed by atoms with van der Waals surface area (Å²) in [6, 6.07) is 14.8. The number of nitriles is 1. The van der Waals surface area contributed by atoms with Gasteiger partial charge in [0.2, 0.25) is 5.91 Å². The Labute approximate surface area is 165 Å². The van der Waals surface area contributed by atoms with Gasteiger partial charge in [0.05, 0.1) is 17.3 Å². The van der Waals surface area contributed by atoms with Crippen molar-refractivity contribution in [3.8, 4) is 6.07 Å². The highest BCUT2D eigenvalue weighted by Gasteiger charge is 2.33. The van der Waals surface area contributed by atoms with E-state index in [-0.39, 0.29) is 17.9 Å². The number of hydrogen-bond acceptors (Lipinski definition) is 3. The summed E-state index contributed by atoms with van der Waals surface area (Å²) >= 11 is 0. The van der Waals surface area contributed by atoms with E-state index in [1.165, 1.54) is 23.3 Å². The zero-order valence-electron chi connectivity index (χ0n) is 16.0. The fourth-order valence-corrected chi connectivity index (χ4v) is 4.54. The molecule has 0 spiro atoms. The highest BCUT2D eigenvalue weighted by atomic mass is 19.1. The summed E-state index contributed by atoms with van der Waals surface area (Å²) in [6.45, 7) is 3.57. The van der Waals surface area contributed by atoms with E-state index in [0.717, 1.165) is 24.9 Å². The van der Waals surface area contributed by atoms with Gasteiger partial charge in [-0.3, -0.25) is 4.79 Å². The topological polar surface area (TPSA) is 56.1 Å². The van der Waals surface area contributed by atoms with Crippen molar-refractivity contribution in [2.24, 2.45) is 11.8 Å². The quantitative estimate of drug-likeness (QED) is 0.881. The molecule has 144 valence electrons. The first-order valence-corrected chi connectivity index (χ1v) is 9.89. The van der Waals surface area contributed by atoms with E-state index in [2.05, 4.69) is 41.4 Å². The third-order valence-electron chi connectivity index (χ3n) is 6.08. The molecule has 0 saturated carbocycles. The SMILES string of the molecule is CC1Cc2ccccc2C1NC(=O)C1CCN(c2ccc(F)cc2C#N)CC1. The summed E-state index contributed by atoms with van der Waals surface area (Å²) in [5.74, 6) is 0.0920. The monoisotopic (exact) mass is 377 g/mol. The molecule has 2 aromatic rings. The molecule has 2 unspecified atom stereocenters. The Bertz CT molecular complexity index is 928. The van der Waals surface area contributed by atoms with Crippen molar-refractivity contribution in [3.63, 3.8) is 0 Å². The highest BCUT2D eigenvalue weighted by Crippen LogP contribution is 2.36. The number of amides is 1. The lowest BCUT2D eigenvalue weighted by Crippen LogP contribution is -2.42. The lowest BCUT2D eigenvalue weighted by Gasteiger charge is -2.34. The normalized spacial score (nSPS) is 21.8. The number of piperidine rings is 1. The Balaban J connectivity index is 1.39. The maximum Gasteiger partial charge on any atom is 0.223 e. The second-order valence-electron chi connectivity index (χ2n) is 7.90. The average Bonchev–Trinajstić information content (AvgIpc) is 3.03. The third-order valence-corrected chi connectivity index (χ3v) is 6.08. The minimum atomic E-state index is -0.402. The Morgan fingerprint density at radius 1 is 1.21 bits per heavy atom. The standard InChI is InChI=1S/C23H24FN3O/c1-15-12-17-4-2-3-5-20(17)22(15)26-23(28)16-8-10-27(11-9-16)21-7-6-19(24)13-18(21)14-25/h2-7,13,15-16,22H,8-12H2,1H3,(H,26,28).